The van der Waals surface area contributed by atoms with E-state index in [0.717, 1.165) is 4.90 Å². The second-order valence-corrected chi connectivity index (χ2v) is 5.94. The number of amides is 2. The summed E-state index contributed by atoms with van der Waals surface area (Å²) in [5.74, 6) is -2.45. The zero-order valence-corrected chi connectivity index (χ0v) is 10.9. The van der Waals surface area contributed by atoms with E-state index >= 15 is 0 Å². The highest BCUT2D eigenvalue weighted by molar-refractivity contribution is 7.86. The van der Waals surface area contributed by atoms with Crippen LogP contribution < -0.4 is 5.73 Å². The van der Waals surface area contributed by atoms with Crippen molar-refractivity contribution in [3.63, 3.8) is 0 Å². The molecule has 0 aromatic rings. The lowest BCUT2D eigenvalue weighted by molar-refractivity contribution is -0.184. The lowest BCUT2D eigenvalue weighted by Crippen LogP contribution is -2.76. The first kappa shape index (κ1) is 18.4. The number of imide groups is 1. The summed E-state index contributed by atoms with van der Waals surface area (Å²) in [5.41, 5.74) is 2.85. The molecule has 0 aromatic heterocycles. The predicted octanol–water partition coefficient (Wildman–Crippen LogP) is -1.67. The van der Waals surface area contributed by atoms with Gasteiger partial charge in [0.15, 0.2) is 11.6 Å². The zero-order chi connectivity index (χ0) is 15.2. The molecular weight excluding hydrogens is 292 g/mol. The number of rotatable bonds is 1. The quantitative estimate of drug-likeness (QED) is 0.331. The van der Waals surface area contributed by atoms with E-state index in [2.05, 4.69) is 0 Å². The lowest BCUT2D eigenvalue weighted by Gasteiger charge is -2.46. The van der Waals surface area contributed by atoms with Gasteiger partial charge >= 0.3 is 0 Å². The van der Waals surface area contributed by atoms with Gasteiger partial charge in [-0.25, -0.2) is 0 Å². The monoisotopic (exact) mass is 308 g/mol. The average Bonchev–Trinajstić information content (AvgIpc) is 2.28. The van der Waals surface area contributed by atoms with Crippen molar-refractivity contribution in [2.45, 2.75) is 26.1 Å². The first-order valence-corrected chi connectivity index (χ1v) is 6.58. The van der Waals surface area contributed by atoms with Gasteiger partial charge in [0.05, 0.1) is 6.42 Å². The molecule has 1 heterocycles. The van der Waals surface area contributed by atoms with E-state index in [1.54, 1.807) is 0 Å². The Bertz CT molecular complexity index is 546. The molecule has 1 aliphatic carbocycles. The van der Waals surface area contributed by atoms with Crippen LogP contribution >= 0.6 is 0 Å². The molecule has 2 fully saturated rings. The molecule has 0 bridgehead atoms. The van der Waals surface area contributed by atoms with E-state index in [4.69, 9.17) is 10.3 Å². The molecule has 20 heavy (non-hydrogen) atoms. The molecule has 1 saturated heterocycles. The van der Waals surface area contributed by atoms with Gasteiger partial charge in [0, 0.05) is 7.05 Å². The molecule has 1 unspecified atom stereocenters. The van der Waals surface area contributed by atoms with Crippen LogP contribution in [0.3, 0.4) is 0 Å². The Hall–Kier alpha value is -1.65. The zero-order valence-electron chi connectivity index (χ0n) is 10.1. The summed E-state index contributed by atoms with van der Waals surface area (Å²) in [5, 5.41) is -1.17. The van der Waals surface area contributed by atoms with Crippen LogP contribution in [-0.2, 0) is 29.3 Å². The first-order chi connectivity index (χ1) is 8.47. The highest BCUT2D eigenvalue weighted by Gasteiger charge is 2.74. The fraction of sp³-hybridized carbons (Fsp3) is 0.600. The Kier molecular flexibility index (Phi) is 4.94. The van der Waals surface area contributed by atoms with Crippen molar-refractivity contribution >= 4 is 33.5 Å². The maximum absolute atomic E-state index is 11.1. The van der Waals surface area contributed by atoms with E-state index in [-0.39, 0.29) is 13.8 Å². The maximum atomic E-state index is 11.1. The van der Waals surface area contributed by atoms with Crippen molar-refractivity contribution in [1.29, 1.82) is 0 Å². The number of carbonyl (C=O) groups is 4. The highest BCUT2D eigenvalue weighted by atomic mass is 32.2. The summed E-state index contributed by atoms with van der Waals surface area (Å²) >= 11 is 0. The van der Waals surface area contributed by atoms with Gasteiger partial charge in [-0.1, -0.05) is 7.43 Å². The van der Waals surface area contributed by atoms with Gasteiger partial charge in [-0.15, -0.1) is 0 Å². The number of likely N-dealkylation sites (tertiary alicyclic amines) is 1. The number of nitrogens with two attached hydrogens (primary N) is 1. The molecule has 0 aromatic carbocycles. The Morgan fingerprint density at radius 3 is 1.65 bits per heavy atom. The summed E-state index contributed by atoms with van der Waals surface area (Å²) in [6.45, 7) is 1.19. The Morgan fingerprint density at radius 2 is 1.50 bits per heavy atom. The van der Waals surface area contributed by atoms with Crippen molar-refractivity contribution < 1.29 is 32.1 Å². The Balaban J connectivity index is 0.000000396. The average molecular weight is 308 g/mol. The van der Waals surface area contributed by atoms with Gasteiger partial charge in [-0.2, -0.15) is 8.42 Å². The number of ketones is 2. The second-order valence-electron chi connectivity index (χ2n) is 4.16. The van der Waals surface area contributed by atoms with Crippen molar-refractivity contribution in [3.8, 4) is 0 Å². The molecule has 1 aliphatic heterocycles. The van der Waals surface area contributed by atoms with Crippen molar-refractivity contribution in [1.82, 2.24) is 4.90 Å². The number of nitrogens with zero attached hydrogens (tertiary/aromatic N) is 1. The summed E-state index contributed by atoms with van der Waals surface area (Å²) in [4.78, 5) is 44.8. The minimum absolute atomic E-state index is 0. The van der Waals surface area contributed by atoms with Gasteiger partial charge in [0.1, 0.15) is 5.37 Å². The summed E-state index contributed by atoms with van der Waals surface area (Å²) in [6, 6.07) is 0. The third kappa shape index (κ3) is 2.37. The molecule has 2 aliphatic rings. The molecule has 10 heteroatoms. The van der Waals surface area contributed by atoms with Crippen molar-refractivity contribution in [3.05, 3.63) is 0 Å². The van der Waals surface area contributed by atoms with Crippen LogP contribution in [0.15, 0.2) is 0 Å². The molecule has 3 N–H and O–H groups in total. The molecule has 1 atom stereocenters. The minimum Gasteiger partial charge on any atom is -0.313 e. The van der Waals surface area contributed by atoms with E-state index in [1.165, 1.54) is 14.0 Å². The summed E-state index contributed by atoms with van der Waals surface area (Å²) < 4.78 is 27.5. The second kappa shape index (κ2) is 5.38. The van der Waals surface area contributed by atoms with Gasteiger partial charge in [0.25, 0.3) is 21.9 Å². The highest BCUT2D eigenvalue weighted by Crippen LogP contribution is 2.43. The number of Topliss-reactive ketones (excluding diaryl/α,β-unsaturated/α-hetero) is 2. The molecule has 2 rings (SSSR count). The normalized spacial score (nSPS) is 21.3. The fourth-order valence-electron chi connectivity index (χ4n) is 1.57. The van der Waals surface area contributed by atoms with E-state index < -0.39 is 44.3 Å². The largest absolute Gasteiger partial charge is 0.313 e. The maximum Gasteiger partial charge on any atom is 0.280 e. The molecular formula is C10H16N2O7S. The van der Waals surface area contributed by atoms with Crippen LogP contribution in [0.2, 0.25) is 0 Å². The van der Waals surface area contributed by atoms with Crippen LogP contribution in [-0.4, -0.2) is 53.7 Å². The topological polar surface area (TPSA) is 152 Å². The van der Waals surface area contributed by atoms with Crippen LogP contribution in [0.4, 0.5) is 0 Å². The Morgan fingerprint density at radius 1 is 1.20 bits per heavy atom. The van der Waals surface area contributed by atoms with Gasteiger partial charge in [-0.3, -0.25) is 28.6 Å². The number of β-lactam (4-membered cyclic amide) rings is 2. The van der Waals surface area contributed by atoms with Crippen LogP contribution in [0, 0.1) is 5.41 Å². The SMILES string of the molecule is C.CC(N)S(=O)(=O)O.CN1C(=O)C2(C(=O)CC2=O)C1=O. The number of hydrogen-bond acceptors (Lipinski definition) is 7. The molecule has 1 spiro atoms. The minimum atomic E-state index is -3.96. The van der Waals surface area contributed by atoms with Crippen molar-refractivity contribution in [2.75, 3.05) is 7.05 Å². The molecule has 114 valence electrons. The lowest BCUT2D eigenvalue weighted by atomic mass is 9.60. The summed E-state index contributed by atoms with van der Waals surface area (Å²) in [6.07, 6.45) is -0.273. The van der Waals surface area contributed by atoms with Gasteiger partial charge in [-0.05, 0) is 6.92 Å². The van der Waals surface area contributed by atoms with E-state index in [9.17, 15) is 27.6 Å². The molecule has 1 saturated carbocycles. The number of hydrogen-bond donors (Lipinski definition) is 2. The molecule has 0 radical (unpaired) electrons. The molecule has 9 nitrogen and oxygen atoms in total. The van der Waals surface area contributed by atoms with Gasteiger partial charge in [0.2, 0.25) is 5.41 Å². The third-order valence-electron chi connectivity index (χ3n) is 2.88. The fourth-order valence-corrected chi connectivity index (χ4v) is 1.57. The Labute approximate surface area is 115 Å². The van der Waals surface area contributed by atoms with Crippen LogP contribution in [0.5, 0.6) is 0 Å². The van der Waals surface area contributed by atoms with E-state index in [0.29, 0.717) is 0 Å². The smallest absolute Gasteiger partial charge is 0.280 e. The predicted molar refractivity (Wildman–Crippen MR) is 66.8 cm³/mol. The first-order valence-electron chi connectivity index (χ1n) is 5.08. The van der Waals surface area contributed by atoms with E-state index in [1.807, 2.05) is 0 Å². The van der Waals surface area contributed by atoms with Crippen molar-refractivity contribution in [2.24, 2.45) is 11.1 Å². The number of carbonyl (C=O) groups excluding carboxylic acids is 4. The standard InChI is InChI=1S/C7H5NO4.C2H7NO3S.CH4/c1-8-5(11)7(6(8)12)3(9)2-4(7)10;1-2(3)7(4,5)6;/h2H2,1H3;2H,3H2,1H3,(H,4,5,6);1H4. The van der Waals surface area contributed by atoms with Gasteiger partial charge < -0.3 is 5.73 Å². The summed E-state index contributed by atoms with van der Waals surface area (Å²) in [7, 11) is -2.70. The van der Waals surface area contributed by atoms with Crippen LogP contribution in [0.25, 0.3) is 0 Å². The third-order valence-corrected chi connectivity index (χ3v) is 3.82. The van der Waals surface area contributed by atoms with Crippen LogP contribution in [0.1, 0.15) is 20.8 Å². The molecule has 2 amide bonds.